The van der Waals surface area contributed by atoms with Gasteiger partial charge in [0.25, 0.3) is 0 Å². The average molecular weight is 241 g/mol. The van der Waals surface area contributed by atoms with Crippen molar-refractivity contribution >= 4 is 10.8 Å². The molecule has 2 heteroatoms. The van der Waals surface area contributed by atoms with Gasteiger partial charge in [-0.2, -0.15) is 0 Å². The van der Waals surface area contributed by atoms with Crippen LogP contribution in [0.5, 0.6) is 5.75 Å². The van der Waals surface area contributed by atoms with Crippen LogP contribution in [0.25, 0.3) is 10.8 Å². The molecule has 0 saturated heterocycles. The fourth-order valence-electron chi connectivity index (χ4n) is 2.86. The van der Waals surface area contributed by atoms with Crippen LogP contribution in [0.2, 0.25) is 0 Å². The Morgan fingerprint density at radius 3 is 2.89 bits per heavy atom. The van der Waals surface area contributed by atoms with Crippen LogP contribution in [0.3, 0.4) is 0 Å². The van der Waals surface area contributed by atoms with Gasteiger partial charge in [0, 0.05) is 22.9 Å². The van der Waals surface area contributed by atoms with Gasteiger partial charge in [-0.05, 0) is 18.2 Å². The highest BCUT2D eigenvalue weighted by atomic mass is 16.5. The molecule has 1 unspecified atom stereocenters. The molecule has 0 saturated carbocycles. The molecule has 0 radical (unpaired) electrons. The Hall–Kier alpha value is -1.54. The van der Waals surface area contributed by atoms with Gasteiger partial charge in [-0.25, -0.2) is 0 Å². The molecule has 2 aromatic carbocycles. The number of benzene rings is 2. The molecule has 1 aliphatic heterocycles. The van der Waals surface area contributed by atoms with E-state index >= 15 is 0 Å². The number of fused-ring (bicyclic) bond motifs is 3. The summed E-state index contributed by atoms with van der Waals surface area (Å²) in [4.78, 5) is 0. The molecule has 3 rings (SSSR count). The molecule has 1 heterocycles. The minimum atomic E-state index is 0.0376. The smallest absolute Gasteiger partial charge is 0.130 e. The standard InChI is InChI=1S/C16H19NO/c1-16(11-17)9-4-10-18-15-13-6-3-2-5-12(13)7-8-14(15)16/h2-3,5-8H,4,9-11,17H2,1H3. The molecule has 1 aliphatic rings. The molecule has 0 aliphatic carbocycles. The second kappa shape index (κ2) is 4.29. The first-order valence-electron chi connectivity index (χ1n) is 6.60. The van der Waals surface area contributed by atoms with Crippen molar-refractivity contribution in [1.82, 2.24) is 0 Å². The van der Waals surface area contributed by atoms with E-state index in [-0.39, 0.29) is 5.41 Å². The normalized spacial score (nSPS) is 23.2. The zero-order valence-electron chi connectivity index (χ0n) is 10.8. The minimum absolute atomic E-state index is 0.0376. The molecule has 0 spiro atoms. The van der Waals surface area contributed by atoms with E-state index in [4.69, 9.17) is 10.5 Å². The van der Waals surface area contributed by atoms with Gasteiger partial charge in [-0.15, -0.1) is 0 Å². The number of hydrogen-bond donors (Lipinski definition) is 1. The first kappa shape index (κ1) is 11.5. The summed E-state index contributed by atoms with van der Waals surface area (Å²) >= 11 is 0. The van der Waals surface area contributed by atoms with Crippen molar-refractivity contribution in [1.29, 1.82) is 0 Å². The van der Waals surface area contributed by atoms with Gasteiger partial charge in [0.1, 0.15) is 5.75 Å². The molecule has 0 amide bonds. The molecule has 94 valence electrons. The SMILES string of the molecule is CC1(CN)CCCOc2c1ccc1ccccc21. The predicted octanol–water partition coefficient (Wildman–Crippen LogP) is 3.23. The largest absolute Gasteiger partial charge is 0.493 e. The highest BCUT2D eigenvalue weighted by Crippen LogP contribution is 2.41. The van der Waals surface area contributed by atoms with Crippen LogP contribution >= 0.6 is 0 Å². The maximum Gasteiger partial charge on any atom is 0.130 e. The minimum Gasteiger partial charge on any atom is -0.493 e. The Balaban J connectivity index is 2.29. The van der Waals surface area contributed by atoms with Crippen molar-refractivity contribution in [2.75, 3.05) is 13.2 Å². The van der Waals surface area contributed by atoms with Crippen LogP contribution in [0.1, 0.15) is 25.3 Å². The van der Waals surface area contributed by atoms with Crippen molar-refractivity contribution in [3.05, 3.63) is 42.0 Å². The summed E-state index contributed by atoms with van der Waals surface area (Å²) in [6, 6.07) is 12.8. The van der Waals surface area contributed by atoms with Crippen molar-refractivity contribution in [3.8, 4) is 5.75 Å². The predicted molar refractivity (Wildman–Crippen MR) is 75.1 cm³/mol. The highest BCUT2D eigenvalue weighted by molar-refractivity contribution is 5.90. The van der Waals surface area contributed by atoms with E-state index in [2.05, 4.69) is 43.3 Å². The lowest BCUT2D eigenvalue weighted by atomic mass is 9.78. The van der Waals surface area contributed by atoms with Gasteiger partial charge < -0.3 is 10.5 Å². The molecule has 2 N–H and O–H groups in total. The van der Waals surface area contributed by atoms with Crippen LogP contribution in [-0.2, 0) is 5.41 Å². The molecule has 18 heavy (non-hydrogen) atoms. The maximum absolute atomic E-state index is 6.01. The van der Waals surface area contributed by atoms with Crippen molar-refractivity contribution in [2.45, 2.75) is 25.2 Å². The van der Waals surface area contributed by atoms with Crippen molar-refractivity contribution in [2.24, 2.45) is 5.73 Å². The Morgan fingerprint density at radius 2 is 2.06 bits per heavy atom. The van der Waals surface area contributed by atoms with E-state index < -0.39 is 0 Å². The molecular formula is C16H19NO. The van der Waals surface area contributed by atoms with E-state index in [1.165, 1.54) is 16.3 Å². The van der Waals surface area contributed by atoms with E-state index in [0.717, 1.165) is 25.2 Å². The van der Waals surface area contributed by atoms with Gasteiger partial charge in [0.2, 0.25) is 0 Å². The third-order valence-electron chi connectivity index (χ3n) is 4.10. The zero-order chi connectivity index (χ0) is 12.6. The summed E-state index contributed by atoms with van der Waals surface area (Å²) < 4.78 is 6.00. The molecule has 1 atom stereocenters. The van der Waals surface area contributed by atoms with E-state index in [1.807, 2.05) is 0 Å². The van der Waals surface area contributed by atoms with Gasteiger partial charge in [-0.3, -0.25) is 0 Å². The molecule has 0 fully saturated rings. The lowest BCUT2D eigenvalue weighted by Gasteiger charge is -2.28. The Morgan fingerprint density at radius 1 is 1.22 bits per heavy atom. The monoisotopic (exact) mass is 241 g/mol. The van der Waals surface area contributed by atoms with Gasteiger partial charge >= 0.3 is 0 Å². The van der Waals surface area contributed by atoms with Crippen molar-refractivity contribution < 1.29 is 4.74 Å². The first-order chi connectivity index (χ1) is 8.74. The first-order valence-corrected chi connectivity index (χ1v) is 6.60. The number of hydrogen-bond acceptors (Lipinski definition) is 2. The molecular weight excluding hydrogens is 222 g/mol. The molecule has 0 bridgehead atoms. The number of nitrogens with two attached hydrogens (primary N) is 1. The van der Waals surface area contributed by atoms with Crippen LogP contribution in [0.15, 0.2) is 36.4 Å². The Kier molecular flexibility index (Phi) is 2.75. The third kappa shape index (κ3) is 1.68. The topological polar surface area (TPSA) is 35.2 Å². The fraction of sp³-hybridized carbons (Fsp3) is 0.375. The summed E-state index contributed by atoms with van der Waals surface area (Å²) in [6.45, 7) is 3.70. The third-order valence-corrected chi connectivity index (χ3v) is 4.10. The molecule has 0 aromatic heterocycles. The fourth-order valence-corrected chi connectivity index (χ4v) is 2.86. The van der Waals surface area contributed by atoms with Crippen molar-refractivity contribution in [3.63, 3.8) is 0 Å². The highest BCUT2D eigenvalue weighted by Gasteiger charge is 2.31. The summed E-state index contributed by atoms with van der Waals surface area (Å²) in [5.41, 5.74) is 7.31. The van der Waals surface area contributed by atoms with E-state index in [1.54, 1.807) is 0 Å². The maximum atomic E-state index is 6.01. The van der Waals surface area contributed by atoms with Gasteiger partial charge in [0.15, 0.2) is 0 Å². The van der Waals surface area contributed by atoms with Crippen LogP contribution in [0.4, 0.5) is 0 Å². The summed E-state index contributed by atoms with van der Waals surface area (Å²) in [6.07, 6.45) is 2.16. The van der Waals surface area contributed by atoms with Crippen LogP contribution < -0.4 is 10.5 Å². The quantitative estimate of drug-likeness (QED) is 0.832. The molecule has 2 aromatic rings. The average Bonchev–Trinajstić information content (AvgIpc) is 2.59. The van der Waals surface area contributed by atoms with Gasteiger partial charge in [-0.1, -0.05) is 43.3 Å². The van der Waals surface area contributed by atoms with Crippen LogP contribution in [-0.4, -0.2) is 13.2 Å². The van der Waals surface area contributed by atoms with Gasteiger partial charge in [0.05, 0.1) is 6.61 Å². The summed E-state index contributed by atoms with van der Waals surface area (Å²) in [7, 11) is 0. The Labute approximate surface area is 108 Å². The second-order valence-electron chi connectivity index (χ2n) is 5.38. The van der Waals surface area contributed by atoms with E-state index in [0.29, 0.717) is 6.54 Å². The number of rotatable bonds is 1. The second-order valence-corrected chi connectivity index (χ2v) is 5.38. The van der Waals surface area contributed by atoms with Crippen LogP contribution in [0, 0.1) is 0 Å². The zero-order valence-corrected chi connectivity index (χ0v) is 10.8. The number of ether oxygens (including phenoxy) is 1. The lowest BCUT2D eigenvalue weighted by molar-refractivity contribution is 0.316. The summed E-state index contributed by atoms with van der Waals surface area (Å²) in [5, 5.41) is 2.44. The summed E-state index contributed by atoms with van der Waals surface area (Å²) in [5.74, 6) is 1.04. The molecule has 2 nitrogen and oxygen atoms in total. The lowest BCUT2D eigenvalue weighted by Crippen LogP contribution is -2.31. The van der Waals surface area contributed by atoms with E-state index in [9.17, 15) is 0 Å². The Bertz CT molecular complexity index is 578.